The molecular formula is C13H20N2O. The Morgan fingerprint density at radius 1 is 1.44 bits per heavy atom. The lowest BCUT2D eigenvalue weighted by molar-refractivity contribution is 0.339. The lowest BCUT2D eigenvalue weighted by Gasteiger charge is -2.34. The fourth-order valence-corrected chi connectivity index (χ4v) is 2.15. The molecule has 0 aliphatic carbocycles. The van der Waals surface area contributed by atoms with E-state index in [9.17, 15) is 0 Å². The van der Waals surface area contributed by atoms with Crippen molar-refractivity contribution in [3.05, 3.63) is 24.3 Å². The van der Waals surface area contributed by atoms with Gasteiger partial charge in [0.1, 0.15) is 5.75 Å². The van der Waals surface area contributed by atoms with Crippen LogP contribution in [0.25, 0.3) is 0 Å². The second-order valence-corrected chi connectivity index (χ2v) is 4.20. The predicted molar refractivity (Wildman–Crippen MR) is 67.3 cm³/mol. The molecule has 1 atom stereocenters. The number of hydrogen-bond acceptors (Lipinski definition) is 3. The number of ether oxygens (including phenoxy) is 1. The third kappa shape index (κ3) is 2.47. The normalized spacial score (nSPS) is 20.9. The summed E-state index contributed by atoms with van der Waals surface area (Å²) in [6, 6.07) is 8.84. The van der Waals surface area contributed by atoms with Crippen LogP contribution in [0.5, 0.6) is 5.75 Å². The first kappa shape index (κ1) is 11.3. The highest BCUT2D eigenvalue weighted by Crippen LogP contribution is 2.28. The summed E-state index contributed by atoms with van der Waals surface area (Å²) >= 11 is 0. The van der Waals surface area contributed by atoms with Crippen LogP contribution in [0.15, 0.2) is 24.3 Å². The van der Waals surface area contributed by atoms with Gasteiger partial charge in [-0.3, -0.25) is 0 Å². The van der Waals surface area contributed by atoms with Crippen molar-refractivity contribution in [2.24, 2.45) is 0 Å². The Bertz CT molecular complexity index is 340. The largest absolute Gasteiger partial charge is 0.492 e. The van der Waals surface area contributed by atoms with Crippen molar-refractivity contribution in [1.29, 1.82) is 0 Å². The zero-order chi connectivity index (χ0) is 11.4. The molecule has 0 spiro atoms. The van der Waals surface area contributed by atoms with E-state index in [0.29, 0.717) is 6.04 Å². The number of hydrogen-bond donors (Lipinski definition) is 1. The fraction of sp³-hybridized carbons (Fsp3) is 0.538. The van der Waals surface area contributed by atoms with Crippen molar-refractivity contribution >= 4 is 5.69 Å². The van der Waals surface area contributed by atoms with Gasteiger partial charge in [0.15, 0.2) is 0 Å². The molecule has 0 radical (unpaired) electrons. The summed E-state index contributed by atoms with van der Waals surface area (Å²) in [5.74, 6) is 0.999. The number of para-hydroxylation sites is 2. The Morgan fingerprint density at radius 2 is 2.25 bits per heavy atom. The lowest BCUT2D eigenvalue weighted by atomic mass is 10.2. The van der Waals surface area contributed by atoms with E-state index in [2.05, 4.69) is 29.3 Å². The van der Waals surface area contributed by atoms with Crippen molar-refractivity contribution in [3.63, 3.8) is 0 Å². The van der Waals surface area contributed by atoms with Gasteiger partial charge in [-0.05, 0) is 26.0 Å². The molecule has 0 saturated carbocycles. The predicted octanol–water partition coefficient (Wildman–Crippen LogP) is 1.88. The second kappa shape index (κ2) is 5.21. The molecule has 1 aromatic rings. The molecule has 88 valence electrons. The first-order chi connectivity index (χ1) is 7.81. The van der Waals surface area contributed by atoms with Crippen LogP contribution in [0, 0.1) is 0 Å². The maximum atomic E-state index is 5.66. The van der Waals surface area contributed by atoms with E-state index in [1.165, 1.54) is 5.69 Å². The monoisotopic (exact) mass is 220 g/mol. The molecule has 1 aliphatic heterocycles. The van der Waals surface area contributed by atoms with Gasteiger partial charge >= 0.3 is 0 Å². The van der Waals surface area contributed by atoms with Gasteiger partial charge in [-0.25, -0.2) is 0 Å². The summed E-state index contributed by atoms with van der Waals surface area (Å²) in [7, 11) is 0. The van der Waals surface area contributed by atoms with Crippen molar-refractivity contribution in [1.82, 2.24) is 5.32 Å². The highest BCUT2D eigenvalue weighted by Gasteiger charge is 2.18. The van der Waals surface area contributed by atoms with Gasteiger partial charge in [0.25, 0.3) is 0 Å². The Labute approximate surface area is 97.4 Å². The molecule has 1 aromatic carbocycles. The molecule has 16 heavy (non-hydrogen) atoms. The first-order valence-electron chi connectivity index (χ1n) is 6.01. The average molecular weight is 220 g/mol. The van der Waals surface area contributed by atoms with E-state index in [-0.39, 0.29) is 0 Å². The molecule has 1 aliphatic rings. The highest BCUT2D eigenvalue weighted by molar-refractivity contribution is 5.58. The molecule has 1 N–H and O–H groups in total. The van der Waals surface area contributed by atoms with E-state index in [1.807, 2.05) is 19.1 Å². The van der Waals surface area contributed by atoms with E-state index in [4.69, 9.17) is 4.74 Å². The first-order valence-corrected chi connectivity index (χ1v) is 6.01. The van der Waals surface area contributed by atoms with Crippen molar-refractivity contribution in [2.45, 2.75) is 19.9 Å². The lowest BCUT2D eigenvalue weighted by Crippen LogP contribution is -2.49. The summed E-state index contributed by atoms with van der Waals surface area (Å²) in [6.45, 7) is 8.10. The van der Waals surface area contributed by atoms with Crippen LogP contribution < -0.4 is 15.0 Å². The SMILES string of the molecule is CCOc1ccccc1N1CCNC(C)C1. The summed E-state index contributed by atoms with van der Waals surface area (Å²) in [5, 5.41) is 3.45. The van der Waals surface area contributed by atoms with Crippen LogP contribution in [0.3, 0.4) is 0 Å². The van der Waals surface area contributed by atoms with Gasteiger partial charge in [-0.2, -0.15) is 0 Å². The number of anilines is 1. The third-order valence-corrected chi connectivity index (χ3v) is 2.87. The summed E-state index contributed by atoms with van der Waals surface area (Å²) in [4.78, 5) is 2.40. The minimum absolute atomic E-state index is 0.545. The molecule has 3 nitrogen and oxygen atoms in total. The van der Waals surface area contributed by atoms with Crippen LogP contribution in [0.4, 0.5) is 5.69 Å². The minimum atomic E-state index is 0.545. The van der Waals surface area contributed by atoms with Crippen LogP contribution in [0.2, 0.25) is 0 Å². The maximum absolute atomic E-state index is 5.66. The van der Waals surface area contributed by atoms with Gasteiger partial charge in [0, 0.05) is 25.7 Å². The Hall–Kier alpha value is -1.22. The quantitative estimate of drug-likeness (QED) is 0.842. The zero-order valence-electron chi connectivity index (χ0n) is 10.1. The van der Waals surface area contributed by atoms with Gasteiger partial charge in [-0.1, -0.05) is 12.1 Å². The third-order valence-electron chi connectivity index (χ3n) is 2.87. The number of benzene rings is 1. The van der Waals surface area contributed by atoms with E-state index in [1.54, 1.807) is 0 Å². The second-order valence-electron chi connectivity index (χ2n) is 4.20. The van der Waals surface area contributed by atoms with Gasteiger partial charge in [-0.15, -0.1) is 0 Å². The van der Waals surface area contributed by atoms with Crippen LogP contribution in [-0.2, 0) is 0 Å². The van der Waals surface area contributed by atoms with Gasteiger partial charge < -0.3 is 15.0 Å². The smallest absolute Gasteiger partial charge is 0.142 e. The minimum Gasteiger partial charge on any atom is -0.492 e. The number of nitrogens with one attached hydrogen (secondary N) is 1. The molecule has 0 amide bonds. The van der Waals surface area contributed by atoms with Crippen LogP contribution in [-0.4, -0.2) is 32.3 Å². The fourth-order valence-electron chi connectivity index (χ4n) is 2.15. The molecule has 1 unspecified atom stereocenters. The Kier molecular flexibility index (Phi) is 3.67. The van der Waals surface area contributed by atoms with Crippen molar-refractivity contribution < 1.29 is 4.74 Å². The number of piperazine rings is 1. The standard InChI is InChI=1S/C13H20N2O/c1-3-16-13-7-5-4-6-12(13)15-9-8-14-11(2)10-15/h4-7,11,14H,3,8-10H2,1-2H3. The van der Waals surface area contributed by atoms with Gasteiger partial charge in [0.05, 0.1) is 12.3 Å². The number of nitrogens with zero attached hydrogens (tertiary/aromatic N) is 1. The molecule has 1 fully saturated rings. The van der Waals surface area contributed by atoms with Crippen LogP contribution in [0.1, 0.15) is 13.8 Å². The Balaban J connectivity index is 2.17. The molecule has 1 saturated heterocycles. The molecule has 1 heterocycles. The average Bonchev–Trinajstić information content (AvgIpc) is 2.30. The van der Waals surface area contributed by atoms with Crippen molar-refractivity contribution in [2.75, 3.05) is 31.1 Å². The van der Waals surface area contributed by atoms with Gasteiger partial charge in [0.2, 0.25) is 0 Å². The molecule has 0 aromatic heterocycles. The highest BCUT2D eigenvalue weighted by atomic mass is 16.5. The molecule has 3 heteroatoms. The molecular weight excluding hydrogens is 200 g/mol. The van der Waals surface area contributed by atoms with E-state index < -0.39 is 0 Å². The van der Waals surface area contributed by atoms with E-state index in [0.717, 1.165) is 32.0 Å². The van der Waals surface area contributed by atoms with Crippen molar-refractivity contribution in [3.8, 4) is 5.75 Å². The summed E-state index contributed by atoms with van der Waals surface area (Å²) < 4.78 is 5.66. The molecule has 0 bridgehead atoms. The summed E-state index contributed by atoms with van der Waals surface area (Å²) in [5.41, 5.74) is 1.22. The maximum Gasteiger partial charge on any atom is 0.142 e. The molecule has 2 rings (SSSR count). The summed E-state index contributed by atoms with van der Waals surface area (Å²) in [6.07, 6.45) is 0. The van der Waals surface area contributed by atoms with Crippen LogP contribution >= 0.6 is 0 Å². The zero-order valence-corrected chi connectivity index (χ0v) is 10.1. The topological polar surface area (TPSA) is 24.5 Å². The number of rotatable bonds is 3. The van der Waals surface area contributed by atoms with E-state index >= 15 is 0 Å². The Morgan fingerprint density at radius 3 is 3.00 bits per heavy atom.